The number of hydrogen-bond donors (Lipinski definition) is 2. The number of anilines is 1. The number of rotatable bonds is 8. The molecule has 0 radical (unpaired) electrons. The summed E-state index contributed by atoms with van der Waals surface area (Å²) >= 11 is 0. The van der Waals surface area contributed by atoms with Crippen LogP contribution in [0, 0.1) is 10.1 Å². The minimum atomic E-state index is -0.900. The zero-order valence-corrected chi connectivity index (χ0v) is 19.5. The number of ether oxygens (including phenoxy) is 2. The summed E-state index contributed by atoms with van der Waals surface area (Å²) < 4.78 is 11.5. The predicted molar refractivity (Wildman–Crippen MR) is 132 cm³/mol. The van der Waals surface area contributed by atoms with Crippen molar-refractivity contribution in [3.63, 3.8) is 0 Å². The molecular weight excluding hydrogens is 482 g/mol. The quantitative estimate of drug-likeness (QED) is 0.203. The molecule has 2 N–H and O–H groups in total. The van der Waals surface area contributed by atoms with E-state index in [4.69, 9.17) is 9.47 Å². The van der Waals surface area contributed by atoms with Crippen molar-refractivity contribution in [2.24, 2.45) is 0 Å². The summed E-state index contributed by atoms with van der Waals surface area (Å²) in [6, 6.07) is 15.3. The van der Waals surface area contributed by atoms with E-state index in [-0.39, 0.29) is 29.3 Å². The fraction of sp³-hybridized carbons (Fsp3) is 0.115. The lowest BCUT2D eigenvalue weighted by molar-refractivity contribution is -0.384. The lowest BCUT2D eigenvalue weighted by Gasteiger charge is -2.26. The predicted octanol–water partition coefficient (Wildman–Crippen LogP) is 3.94. The largest absolute Gasteiger partial charge is 0.508 e. The standard InChI is InChI=1S/C26H21N3O8/c1-2-36-23-14-17(5-12-22(23)37-15-16-3-6-19(7-4-16)29(34)35)13-21-24(31)27-26(33)28(25(21)32)18-8-10-20(30)11-9-18/h3-14,30H,2,15H2,1H3,(H,27,31,33)/b21-13+. The van der Waals surface area contributed by atoms with Crippen LogP contribution in [0.25, 0.3) is 6.08 Å². The smallest absolute Gasteiger partial charge is 0.335 e. The van der Waals surface area contributed by atoms with Gasteiger partial charge in [0, 0.05) is 12.1 Å². The van der Waals surface area contributed by atoms with Gasteiger partial charge in [-0.2, -0.15) is 0 Å². The minimum absolute atomic E-state index is 0.0249. The van der Waals surface area contributed by atoms with Gasteiger partial charge in [0.1, 0.15) is 17.9 Å². The Labute approximate surface area is 210 Å². The van der Waals surface area contributed by atoms with Crippen LogP contribution >= 0.6 is 0 Å². The van der Waals surface area contributed by atoms with Gasteiger partial charge in [0.05, 0.1) is 17.2 Å². The van der Waals surface area contributed by atoms with Gasteiger partial charge in [0.25, 0.3) is 17.5 Å². The van der Waals surface area contributed by atoms with Crippen LogP contribution in [-0.4, -0.2) is 34.5 Å². The molecule has 11 nitrogen and oxygen atoms in total. The summed E-state index contributed by atoms with van der Waals surface area (Å²) in [7, 11) is 0. The Morgan fingerprint density at radius 1 is 0.973 bits per heavy atom. The van der Waals surface area contributed by atoms with Crippen LogP contribution in [0.2, 0.25) is 0 Å². The first-order valence-corrected chi connectivity index (χ1v) is 11.1. The van der Waals surface area contributed by atoms with Gasteiger partial charge in [0.2, 0.25) is 0 Å². The lowest BCUT2D eigenvalue weighted by Crippen LogP contribution is -2.54. The van der Waals surface area contributed by atoms with E-state index < -0.39 is 22.8 Å². The molecular formula is C26H21N3O8. The molecule has 0 aromatic heterocycles. The van der Waals surface area contributed by atoms with Crippen LogP contribution in [0.5, 0.6) is 17.2 Å². The number of aromatic hydroxyl groups is 1. The zero-order valence-electron chi connectivity index (χ0n) is 19.5. The second kappa shape index (κ2) is 10.6. The van der Waals surface area contributed by atoms with E-state index in [2.05, 4.69) is 5.32 Å². The molecule has 1 fully saturated rings. The summed E-state index contributed by atoms with van der Waals surface area (Å²) in [5, 5.41) is 22.4. The SMILES string of the molecule is CCOc1cc(/C=C2\C(=O)NC(=O)N(c3ccc(O)cc3)C2=O)ccc1OCc1ccc([N+](=O)[O-])cc1. The van der Waals surface area contributed by atoms with Crippen molar-refractivity contribution in [2.45, 2.75) is 13.5 Å². The Morgan fingerprint density at radius 2 is 1.68 bits per heavy atom. The third kappa shape index (κ3) is 5.56. The van der Waals surface area contributed by atoms with Gasteiger partial charge in [-0.25, -0.2) is 9.69 Å². The molecule has 1 heterocycles. The maximum Gasteiger partial charge on any atom is 0.335 e. The number of nitro groups is 1. The molecule has 188 valence electrons. The van der Waals surface area contributed by atoms with Crippen molar-refractivity contribution in [1.82, 2.24) is 5.32 Å². The first-order chi connectivity index (χ1) is 17.8. The molecule has 4 rings (SSSR count). The van der Waals surface area contributed by atoms with Crippen LogP contribution in [-0.2, 0) is 16.2 Å². The summed E-state index contributed by atoms with van der Waals surface area (Å²) in [6.07, 6.45) is 1.33. The van der Waals surface area contributed by atoms with Gasteiger partial charge in [-0.15, -0.1) is 0 Å². The average Bonchev–Trinajstić information content (AvgIpc) is 2.87. The molecule has 1 aliphatic rings. The number of hydrogen-bond acceptors (Lipinski definition) is 8. The molecule has 1 aliphatic heterocycles. The third-order valence-corrected chi connectivity index (χ3v) is 5.33. The number of benzene rings is 3. The molecule has 11 heteroatoms. The first kappa shape index (κ1) is 24.9. The van der Waals surface area contributed by atoms with Gasteiger partial charge in [-0.3, -0.25) is 25.0 Å². The van der Waals surface area contributed by atoms with Gasteiger partial charge in [-0.1, -0.05) is 6.07 Å². The van der Waals surface area contributed by atoms with Gasteiger partial charge in [0.15, 0.2) is 11.5 Å². The van der Waals surface area contributed by atoms with Crippen LogP contribution in [0.3, 0.4) is 0 Å². The Bertz CT molecular complexity index is 1400. The number of carbonyl (C=O) groups excluding carboxylic acids is 3. The fourth-order valence-electron chi connectivity index (χ4n) is 3.54. The number of urea groups is 1. The Hall–Kier alpha value is -5.19. The summed E-state index contributed by atoms with van der Waals surface area (Å²) in [5.41, 5.74) is 1.05. The number of phenolic OH excluding ortho intramolecular Hbond substituents is 1. The van der Waals surface area contributed by atoms with Crippen molar-refractivity contribution < 1.29 is 33.9 Å². The second-order valence-corrected chi connectivity index (χ2v) is 7.83. The number of non-ortho nitro benzene ring substituents is 1. The molecule has 0 bridgehead atoms. The summed E-state index contributed by atoms with van der Waals surface area (Å²) in [6.45, 7) is 2.23. The van der Waals surface area contributed by atoms with Gasteiger partial charge in [-0.05, 0) is 72.7 Å². The second-order valence-electron chi connectivity index (χ2n) is 7.83. The Balaban J connectivity index is 1.57. The number of nitro benzene ring substituents is 1. The topological polar surface area (TPSA) is 148 Å². The van der Waals surface area contributed by atoms with Crippen LogP contribution in [0.1, 0.15) is 18.1 Å². The molecule has 0 unspecified atom stereocenters. The lowest BCUT2D eigenvalue weighted by atomic mass is 10.1. The van der Waals surface area contributed by atoms with E-state index in [1.165, 1.54) is 42.5 Å². The van der Waals surface area contributed by atoms with Crippen molar-refractivity contribution in [2.75, 3.05) is 11.5 Å². The number of carbonyl (C=O) groups is 3. The van der Waals surface area contributed by atoms with Crippen LogP contribution in [0.15, 0.2) is 72.3 Å². The summed E-state index contributed by atoms with van der Waals surface area (Å²) in [5.74, 6) is -0.964. The normalized spacial score (nSPS) is 14.5. The number of barbiturate groups is 1. The van der Waals surface area contributed by atoms with Gasteiger partial charge >= 0.3 is 6.03 Å². The van der Waals surface area contributed by atoms with E-state index in [1.807, 2.05) is 0 Å². The molecule has 3 aromatic rings. The molecule has 3 aromatic carbocycles. The van der Waals surface area contributed by atoms with Gasteiger partial charge < -0.3 is 14.6 Å². The monoisotopic (exact) mass is 503 g/mol. The molecule has 0 spiro atoms. The molecule has 37 heavy (non-hydrogen) atoms. The Morgan fingerprint density at radius 3 is 2.32 bits per heavy atom. The molecule has 0 aliphatic carbocycles. The third-order valence-electron chi connectivity index (χ3n) is 5.33. The Kier molecular flexibility index (Phi) is 7.14. The maximum atomic E-state index is 13.1. The summed E-state index contributed by atoms with van der Waals surface area (Å²) in [4.78, 5) is 49.0. The number of imide groups is 2. The molecule has 0 saturated carbocycles. The fourth-order valence-corrected chi connectivity index (χ4v) is 3.54. The van der Waals surface area contributed by atoms with Crippen molar-refractivity contribution in [3.05, 3.63) is 93.5 Å². The van der Waals surface area contributed by atoms with Crippen molar-refractivity contribution in [1.29, 1.82) is 0 Å². The zero-order chi connectivity index (χ0) is 26.5. The van der Waals surface area contributed by atoms with Crippen molar-refractivity contribution >= 4 is 35.3 Å². The van der Waals surface area contributed by atoms with E-state index in [0.717, 1.165) is 4.90 Å². The maximum absolute atomic E-state index is 13.1. The van der Waals surface area contributed by atoms with Crippen LogP contribution in [0.4, 0.5) is 16.2 Å². The van der Waals surface area contributed by atoms with E-state index in [9.17, 15) is 29.6 Å². The first-order valence-electron chi connectivity index (χ1n) is 11.1. The molecule has 4 amide bonds. The van der Waals surface area contributed by atoms with E-state index in [0.29, 0.717) is 29.2 Å². The molecule has 1 saturated heterocycles. The van der Waals surface area contributed by atoms with E-state index >= 15 is 0 Å². The number of amides is 4. The highest BCUT2D eigenvalue weighted by atomic mass is 16.6. The number of nitrogens with zero attached hydrogens (tertiary/aromatic N) is 2. The highest BCUT2D eigenvalue weighted by molar-refractivity contribution is 6.39. The van der Waals surface area contributed by atoms with Crippen molar-refractivity contribution in [3.8, 4) is 17.2 Å². The highest BCUT2D eigenvalue weighted by Gasteiger charge is 2.36. The highest BCUT2D eigenvalue weighted by Crippen LogP contribution is 2.31. The van der Waals surface area contributed by atoms with Crippen LogP contribution < -0.4 is 19.7 Å². The van der Waals surface area contributed by atoms with E-state index in [1.54, 1.807) is 37.3 Å². The molecule has 0 atom stereocenters. The number of nitrogens with one attached hydrogen (secondary N) is 1. The average molecular weight is 503 g/mol. The number of phenols is 1. The minimum Gasteiger partial charge on any atom is -0.508 e.